The van der Waals surface area contributed by atoms with E-state index in [2.05, 4.69) is 0 Å². The number of furan rings is 1. The third-order valence-electron chi connectivity index (χ3n) is 2.68. The summed E-state index contributed by atoms with van der Waals surface area (Å²) in [5, 5.41) is 0. The summed E-state index contributed by atoms with van der Waals surface area (Å²) in [6.45, 7) is 4.38. The zero-order valence-electron chi connectivity index (χ0n) is 10.6. The van der Waals surface area contributed by atoms with Crippen LogP contribution in [0.2, 0.25) is 0 Å². The molecular formula is C15H16O3. The molecule has 0 saturated heterocycles. The highest BCUT2D eigenvalue weighted by atomic mass is 16.5. The van der Waals surface area contributed by atoms with Crippen LogP contribution in [0.15, 0.2) is 40.8 Å². The molecule has 0 amide bonds. The van der Waals surface area contributed by atoms with E-state index < -0.39 is 0 Å². The Labute approximate surface area is 106 Å². The fourth-order valence-corrected chi connectivity index (χ4v) is 1.77. The minimum atomic E-state index is -0.00404. The lowest BCUT2D eigenvalue weighted by molar-refractivity contribution is 0.0987. The third-order valence-corrected chi connectivity index (χ3v) is 2.68. The molecule has 1 aromatic heterocycles. The van der Waals surface area contributed by atoms with Crippen LogP contribution in [-0.4, -0.2) is 12.4 Å². The molecule has 0 saturated carbocycles. The molecule has 3 heteroatoms. The van der Waals surface area contributed by atoms with Gasteiger partial charge in [0.25, 0.3) is 0 Å². The summed E-state index contributed by atoms with van der Waals surface area (Å²) in [4.78, 5) is 11.6. The van der Waals surface area contributed by atoms with Crippen LogP contribution in [0.3, 0.4) is 0 Å². The highest BCUT2D eigenvalue weighted by Crippen LogP contribution is 2.26. The molecule has 1 heterocycles. The maximum absolute atomic E-state index is 11.6. The first-order valence-electron chi connectivity index (χ1n) is 5.99. The van der Waals surface area contributed by atoms with Crippen molar-refractivity contribution in [2.45, 2.75) is 20.5 Å². The Morgan fingerprint density at radius 1 is 1.28 bits per heavy atom. The second-order valence-electron chi connectivity index (χ2n) is 4.01. The Bertz CT molecular complexity index is 526. The SMILES string of the molecule is CCOCc1oc(-c2ccccc2)cc1C(C)=O. The van der Waals surface area contributed by atoms with Crippen LogP contribution in [-0.2, 0) is 11.3 Å². The minimum Gasteiger partial charge on any atom is -0.458 e. The van der Waals surface area contributed by atoms with Crippen molar-refractivity contribution in [2.75, 3.05) is 6.61 Å². The standard InChI is InChI=1S/C15H16O3/c1-3-17-10-15-13(11(2)16)9-14(18-15)12-7-5-4-6-8-12/h4-9H,3,10H2,1-2H3. The van der Waals surface area contributed by atoms with Crippen LogP contribution in [0, 0.1) is 0 Å². The van der Waals surface area contributed by atoms with Crippen molar-refractivity contribution in [3.63, 3.8) is 0 Å². The molecule has 0 bridgehead atoms. The van der Waals surface area contributed by atoms with E-state index in [1.807, 2.05) is 37.3 Å². The fourth-order valence-electron chi connectivity index (χ4n) is 1.77. The van der Waals surface area contributed by atoms with E-state index in [-0.39, 0.29) is 5.78 Å². The molecule has 3 nitrogen and oxygen atoms in total. The number of hydrogen-bond acceptors (Lipinski definition) is 3. The fraction of sp³-hybridized carbons (Fsp3) is 0.267. The van der Waals surface area contributed by atoms with Gasteiger partial charge in [0.05, 0.1) is 5.56 Å². The van der Waals surface area contributed by atoms with E-state index in [0.717, 1.165) is 5.56 Å². The van der Waals surface area contributed by atoms with E-state index >= 15 is 0 Å². The topological polar surface area (TPSA) is 39.4 Å². The summed E-state index contributed by atoms with van der Waals surface area (Å²) in [7, 11) is 0. The Morgan fingerprint density at radius 3 is 2.61 bits per heavy atom. The summed E-state index contributed by atoms with van der Waals surface area (Å²) >= 11 is 0. The molecule has 0 atom stereocenters. The maximum atomic E-state index is 11.6. The summed E-state index contributed by atoms with van der Waals surface area (Å²) in [5.41, 5.74) is 1.56. The van der Waals surface area contributed by atoms with Crippen LogP contribution in [0.5, 0.6) is 0 Å². The van der Waals surface area contributed by atoms with Gasteiger partial charge in [0.15, 0.2) is 5.78 Å². The van der Waals surface area contributed by atoms with Crippen molar-refractivity contribution in [2.24, 2.45) is 0 Å². The summed E-state index contributed by atoms with van der Waals surface area (Å²) in [6.07, 6.45) is 0. The summed E-state index contributed by atoms with van der Waals surface area (Å²) < 4.78 is 11.0. The number of carbonyl (C=O) groups is 1. The van der Waals surface area contributed by atoms with Crippen LogP contribution in [0.25, 0.3) is 11.3 Å². The average molecular weight is 244 g/mol. The van der Waals surface area contributed by atoms with Crippen molar-refractivity contribution in [3.8, 4) is 11.3 Å². The number of ether oxygens (including phenoxy) is 1. The van der Waals surface area contributed by atoms with Gasteiger partial charge in [-0.15, -0.1) is 0 Å². The van der Waals surface area contributed by atoms with Gasteiger partial charge < -0.3 is 9.15 Å². The smallest absolute Gasteiger partial charge is 0.163 e. The van der Waals surface area contributed by atoms with Gasteiger partial charge in [0.2, 0.25) is 0 Å². The number of ketones is 1. The van der Waals surface area contributed by atoms with Gasteiger partial charge in [0.1, 0.15) is 18.1 Å². The second-order valence-corrected chi connectivity index (χ2v) is 4.01. The molecule has 0 N–H and O–H groups in total. The second kappa shape index (κ2) is 5.65. The van der Waals surface area contributed by atoms with Crippen LogP contribution in [0.1, 0.15) is 30.0 Å². The Kier molecular flexibility index (Phi) is 3.95. The van der Waals surface area contributed by atoms with E-state index in [1.165, 1.54) is 6.92 Å². The van der Waals surface area contributed by atoms with Crippen molar-refractivity contribution < 1.29 is 13.9 Å². The quantitative estimate of drug-likeness (QED) is 0.753. The van der Waals surface area contributed by atoms with Crippen molar-refractivity contribution >= 4 is 5.78 Å². The third kappa shape index (κ3) is 2.68. The van der Waals surface area contributed by atoms with Crippen molar-refractivity contribution in [1.29, 1.82) is 0 Å². The highest BCUT2D eigenvalue weighted by molar-refractivity contribution is 5.96. The lowest BCUT2D eigenvalue weighted by Gasteiger charge is -1.99. The van der Waals surface area contributed by atoms with Gasteiger partial charge in [-0.25, -0.2) is 0 Å². The number of rotatable bonds is 5. The Hall–Kier alpha value is -1.87. The molecule has 0 spiro atoms. The monoisotopic (exact) mass is 244 g/mol. The van der Waals surface area contributed by atoms with E-state index in [4.69, 9.17) is 9.15 Å². The molecule has 18 heavy (non-hydrogen) atoms. The first-order chi connectivity index (χ1) is 8.72. The largest absolute Gasteiger partial charge is 0.458 e. The zero-order chi connectivity index (χ0) is 13.0. The van der Waals surface area contributed by atoms with Gasteiger partial charge >= 0.3 is 0 Å². The molecule has 0 unspecified atom stereocenters. The molecule has 0 aliphatic carbocycles. The van der Waals surface area contributed by atoms with E-state index in [9.17, 15) is 4.79 Å². The normalized spacial score (nSPS) is 10.6. The lowest BCUT2D eigenvalue weighted by atomic mass is 10.1. The highest BCUT2D eigenvalue weighted by Gasteiger charge is 2.15. The number of Topliss-reactive ketones (excluding diaryl/α,β-unsaturated/α-hetero) is 1. The summed E-state index contributed by atoms with van der Waals surface area (Å²) in [5.74, 6) is 1.30. The maximum Gasteiger partial charge on any atom is 0.163 e. The molecule has 0 aliphatic heterocycles. The Balaban J connectivity index is 2.36. The lowest BCUT2D eigenvalue weighted by Crippen LogP contribution is -1.98. The number of carbonyl (C=O) groups excluding carboxylic acids is 1. The van der Waals surface area contributed by atoms with Gasteiger partial charge in [0, 0.05) is 12.2 Å². The molecule has 0 aliphatic rings. The van der Waals surface area contributed by atoms with Crippen LogP contribution < -0.4 is 0 Å². The average Bonchev–Trinajstić information content (AvgIpc) is 2.81. The number of hydrogen-bond donors (Lipinski definition) is 0. The first-order valence-corrected chi connectivity index (χ1v) is 5.99. The molecular weight excluding hydrogens is 228 g/mol. The van der Waals surface area contributed by atoms with Gasteiger partial charge in [-0.05, 0) is 19.9 Å². The Morgan fingerprint density at radius 2 is 2.00 bits per heavy atom. The minimum absolute atomic E-state index is 0.00404. The van der Waals surface area contributed by atoms with E-state index in [1.54, 1.807) is 6.07 Å². The zero-order valence-corrected chi connectivity index (χ0v) is 10.6. The van der Waals surface area contributed by atoms with Gasteiger partial charge in [-0.1, -0.05) is 30.3 Å². The molecule has 0 radical (unpaired) electrons. The van der Waals surface area contributed by atoms with Gasteiger partial charge in [-0.2, -0.15) is 0 Å². The molecule has 94 valence electrons. The molecule has 2 rings (SSSR count). The predicted octanol–water partition coefficient (Wildman–Crippen LogP) is 3.69. The predicted molar refractivity (Wildman–Crippen MR) is 69.5 cm³/mol. The van der Waals surface area contributed by atoms with Crippen LogP contribution >= 0.6 is 0 Å². The van der Waals surface area contributed by atoms with Gasteiger partial charge in [-0.3, -0.25) is 4.79 Å². The van der Waals surface area contributed by atoms with Crippen LogP contribution in [0.4, 0.5) is 0 Å². The van der Waals surface area contributed by atoms with Crippen molar-refractivity contribution in [1.82, 2.24) is 0 Å². The summed E-state index contributed by atoms with van der Waals surface area (Å²) in [6, 6.07) is 11.5. The molecule has 1 aromatic carbocycles. The van der Waals surface area contributed by atoms with E-state index in [0.29, 0.717) is 30.3 Å². The molecule has 0 fully saturated rings. The number of benzene rings is 1. The first kappa shape index (κ1) is 12.6. The molecule has 2 aromatic rings. The van der Waals surface area contributed by atoms with Crippen molar-refractivity contribution in [3.05, 3.63) is 47.7 Å².